The summed E-state index contributed by atoms with van der Waals surface area (Å²) >= 11 is 0. The van der Waals surface area contributed by atoms with Gasteiger partial charge in [-0.25, -0.2) is 4.98 Å². The molecule has 0 saturated carbocycles. The van der Waals surface area contributed by atoms with Crippen LogP contribution in [-0.4, -0.2) is 28.9 Å². The van der Waals surface area contributed by atoms with E-state index in [1.807, 2.05) is 0 Å². The molecule has 0 aliphatic heterocycles. The summed E-state index contributed by atoms with van der Waals surface area (Å²) in [6, 6.07) is 54.0. The van der Waals surface area contributed by atoms with Gasteiger partial charge < -0.3 is 0 Å². The van der Waals surface area contributed by atoms with Gasteiger partial charge in [-0.2, -0.15) is 0 Å². The molecule has 6 heteroatoms. The second kappa shape index (κ2) is 13.2. The monoisotopic (exact) mass is 726 g/mol. The zero-order valence-electron chi connectivity index (χ0n) is 32.3. The molecule has 4 heterocycles. The molecule has 0 bridgehead atoms. The van der Waals surface area contributed by atoms with E-state index >= 15 is 0 Å². The van der Waals surface area contributed by atoms with Crippen molar-refractivity contribution in [1.82, 2.24) is 28.9 Å². The number of nitrogens with zero attached hydrogens (tertiary/aromatic N) is 6. The van der Waals surface area contributed by atoms with Crippen molar-refractivity contribution >= 4 is 43.9 Å². The lowest BCUT2D eigenvalue weighted by molar-refractivity contribution is 0.807. The van der Waals surface area contributed by atoms with Crippen LogP contribution in [0.4, 0.5) is 0 Å². The lowest BCUT2D eigenvalue weighted by atomic mass is 9.92. The number of pyridine rings is 1. The lowest BCUT2D eigenvalue weighted by Crippen LogP contribution is -2.10. The van der Waals surface area contributed by atoms with E-state index in [2.05, 4.69) is 200 Å². The van der Waals surface area contributed by atoms with E-state index in [1.54, 1.807) is 0 Å². The van der Waals surface area contributed by atoms with Crippen molar-refractivity contribution in [3.05, 3.63) is 168 Å². The van der Waals surface area contributed by atoms with E-state index in [0.29, 0.717) is 11.8 Å². The highest BCUT2D eigenvalue weighted by Crippen LogP contribution is 2.40. The Labute approximate surface area is 326 Å². The Morgan fingerprint density at radius 1 is 0.446 bits per heavy atom. The first-order chi connectivity index (χ1) is 27.4. The molecule has 0 amide bonds. The molecule has 0 saturated heterocycles. The van der Waals surface area contributed by atoms with Crippen LogP contribution >= 0.6 is 0 Å². The standard InChI is InChI=1S/C50H42N6/c1-31(2)37-25-16-26-38(32(3)4)46(37)56-47(52-53-50(56)39-22-10-9-17-33(39)5)34-18-15-21-36(29-34)55-45-28-14-12-24-41(45)43-30-42-40-23-11-13-27-44(40)54(48(42)51-49(43)55)35-19-7-6-8-20-35/h6-32H,1-5H3. The largest absolute Gasteiger partial charge is 0.294 e. The van der Waals surface area contributed by atoms with Crippen LogP contribution in [0.3, 0.4) is 0 Å². The van der Waals surface area contributed by atoms with Crippen molar-refractivity contribution in [1.29, 1.82) is 0 Å². The Kier molecular flexibility index (Phi) is 7.96. The van der Waals surface area contributed by atoms with Gasteiger partial charge in [-0.1, -0.05) is 137 Å². The maximum Gasteiger partial charge on any atom is 0.169 e. The van der Waals surface area contributed by atoms with Gasteiger partial charge in [-0.05, 0) is 77.9 Å². The Hall–Kier alpha value is -6.79. The Morgan fingerprint density at radius 2 is 0.982 bits per heavy atom. The molecule has 10 rings (SSSR count). The molecular formula is C50H42N6. The average molecular weight is 727 g/mol. The quantitative estimate of drug-likeness (QED) is 0.164. The second-order valence-electron chi connectivity index (χ2n) is 15.4. The molecule has 0 N–H and O–H groups in total. The van der Waals surface area contributed by atoms with Crippen molar-refractivity contribution in [3.8, 4) is 39.8 Å². The van der Waals surface area contributed by atoms with E-state index in [0.717, 1.165) is 83.9 Å². The number of benzene rings is 6. The number of para-hydroxylation sites is 4. The van der Waals surface area contributed by atoms with Gasteiger partial charge in [0.1, 0.15) is 11.3 Å². The molecule has 0 spiro atoms. The van der Waals surface area contributed by atoms with Gasteiger partial charge in [0, 0.05) is 44.0 Å². The van der Waals surface area contributed by atoms with Gasteiger partial charge >= 0.3 is 0 Å². The minimum atomic E-state index is 0.294. The zero-order valence-corrected chi connectivity index (χ0v) is 32.3. The van der Waals surface area contributed by atoms with Crippen LogP contribution in [0.2, 0.25) is 0 Å². The van der Waals surface area contributed by atoms with Crippen LogP contribution in [-0.2, 0) is 0 Å². The molecule has 0 fully saturated rings. The summed E-state index contributed by atoms with van der Waals surface area (Å²) < 4.78 is 6.92. The Balaban J connectivity index is 1.25. The molecule has 56 heavy (non-hydrogen) atoms. The predicted molar refractivity (Wildman–Crippen MR) is 232 cm³/mol. The predicted octanol–water partition coefficient (Wildman–Crippen LogP) is 12.7. The normalized spacial score (nSPS) is 12.0. The number of rotatable bonds is 7. The summed E-state index contributed by atoms with van der Waals surface area (Å²) in [6.45, 7) is 11.2. The molecule has 6 nitrogen and oxygen atoms in total. The van der Waals surface area contributed by atoms with Crippen molar-refractivity contribution in [2.75, 3.05) is 0 Å². The molecule has 4 aromatic heterocycles. The highest BCUT2D eigenvalue weighted by atomic mass is 15.3. The molecule has 272 valence electrons. The van der Waals surface area contributed by atoms with Crippen molar-refractivity contribution in [2.45, 2.75) is 46.5 Å². The third-order valence-electron chi connectivity index (χ3n) is 11.3. The van der Waals surface area contributed by atoms with Crippen LogP contribution in [0.15, 0.2) is 152 Å². The highest BCUT2D eigenvalue weighted by Gasteiger charge is 2.26. The Morgan fingerprint density at radius 3 is 1.62 bits per heavy atom. The summed E-state index contributed by atoms with van der Waals surface area (Å²) in [7, 11) is 0. The number of hydrogen-bond acceptors (Lipinski definition) is 3. The van der Waals surface area contributed by atoms with Gasteiger partial charge in [-0.15, -0.1) is 10.2 Å². The lowest BCUT2D eigenvalue weighted by Gasteiger charge is -2.23. The first-order valence-corrected chi connectivity index (χ1v) is 19.5. The minimum absolute atomic E-state index is 0.294. The zero-order chi connectivity index (χ0) is 38.1. The number of hydrogen-bond donors (Lipinski definition) is 0. The van der Waals surface area contributed by atoms with E-state index in [9.17, 15) is 0 Å². The summed E-state index contributed by atoms with van der Waals surface area (Å²) in [6.07, 6.45) is 0. The van der Waals surface area contributed by atoms with Crippen LogP contribution in [0, 0.1) is 6.92 Å². The first-order valence-electron chi connectivity index (χ1n) is 19.5. The molecule has 0 aliphatic rings. The maximum absolute atomic E-state index is 5.58. The topological polar surface area (TPSA) is 53.5 Å². The first kappa shape index (κ1) is 33.8. The van der Waals surface area contributed by atoms with Crippen LogP contribution < -0.4 is 0 Å². The molecule has 10 aromatic rings. The summed E-state index contributed by atoms with van der Waals surface area (Å²) in [4.78, 5) is 5.58. The molecule has 0 unspecified atom stereocenters. The van der Waals surface area contributed by atoms with Gasteiger partial charge in [0.15, 0.2) is 11.6 Å². The van der Waals surface area contributed by atoms with Crippen LogP contribution in [0.25, 0.3) is 83.7 Å². The summed E-state index contributed by atoms with van der Waals surface area (Å²) in [5.74, 6) is 2.23. The average Bonchev–Trinajstić information content (AvgIpc) is 3.90. The fraction of sp³-hybridized carbons (Fsp3) is 0.140. The maximum atomic E-state index is 5.58. The highest BCUT2D eigenvalue weighted by molar-refractivity contribution is 6.16. The number of aromatic nitrogens is 6. The van der Waals surface area contributed by atoms with Crippen LogP contribution in [0.5, 0.6) is 0 Å². The molecule has 6 aromatic carbocycles. The Bertz CT molecular complexity index is 3080. The van der Waals surface area contributed by atoms with Gasteiger partial charge in [-0.3, -0.25) is 13.7 Å². The van der Waals surface area contributed by atoms with Gasteiger partial charge in [0.25, 0.3) is 0 Å². The fourth-order valence-electron chi connectivity index (χ4n) is 8.59. The smallest absolute Gasteiger partial charge is 0.169 e. The summed E-state index contributed by atoms with van der Waals surface area (Å²) in [5.41, 5.74) is 13.1. The third-order valence-corrected chi connectivity index (χ3v) is 11.3. The van der Waals surface area contributed by atoms with E-state index < -0.39 is 0 Å². The van der Waals surface area contributed by atoms with E-state index in [1.165, 1.54) is 16.5 Å². The van der Waals surface area contributed by atoms with Crippen molar-refractivity contribution in [3.63, 3.8) is 0 Å². The SMILES string of the molecule is Cc1ccccc1-c1nnc(-c2cccc(-n3c4ccccc4c4cc5c6ccccc6n(-c6ccccc6)c5nc43)c2)n1-c1c(C(C)C)cccc1C(C)C. The number of aryl methyl sites for hydroxylation is 1. The van der Waals surface area contributed by atoms with Gasteiger partial charge in [0.2, 0.25) is 0 Å². The molecule has 0 atom stereocenters. The molecule has 0 radical (unpaired) electrons. The fourth-order valence-corrected chi connectivity index (χ4v) is 8.59. The van der Waals surface area contributed by atoms with E-state index in [-0.39, 0.29) is 0 Å². The molecule has 0 aliphatic carbocycles. The van der Waals surface area contributed by atoms with Crippen molar-refractivity contribution < 1.29 is 0 Å². The summed E-state index contributed by atoms with van der Waals surface area (Å²) in [5, 5.41) is 14.6. The molecular weight excluding hydrogens is 685 g/mol. The third kappa shape index (κ3) is 5.20. The van der Waals surface area contributed by atoms with Gasteiger partial charge in [0.05, 0.1) is 16.7 Å². The van der Waals surface area contributed by atoms with Crippen molar-refractivity contribution in [2.24, 2.45) is 0 Å². The minimum Gasteiger partial charge on any atom is -0.294 e. The van der Waals surface area contributed by atoms with Crippen LogP contribution in [0.1, 0.15) is 56.2 Å². The second-order valence-corrected chi connectivity index (χ2v) is 15.4. The van der Waals surface area contributed by atoms with E-state index in [4.69, 9.17) is 15.2 Å². The number of fused-ring (bicyclic) bond motifs is 6.